The molecule has 1 aliphatic rings. The van der Waals surface area contributed by atoms with Crippen LogP contribution in [0.2, 0.25) is 0 Å². The Hall–Kier alpha value is -2.12. The van der Waals surface area contributed by atoms with Gasteiger partial charge in [-0.2, -0.15) is 0 Å². The molecule has 0 unspecified atom stereocenters. The molecule has 2 heterocycles. The lowest BCUT2D eigenvalue weighted by Crippen LogP contribution is -2.41. The summed E-state index contributed by atoms with van der Waals surface area (Å²) in [5.41, 5.74) is 0.154. The van der Waals surface area contributed by atoms with Gasteiger partial charge in [-0.1, -0.05) is 5.21 Å². The largest absolute Gasteiger partial charge is 0.476 e. The van der Waals surface area contributed by atoms with E-state index in [9.17, 15) is 14.7 Å². The van der Waals surface area contributed by atoms with Crippen molar-refractivity contribution in [1.82, 2.24) is 19.9 Å². The third-order valence-corrected chi connectivity index (χ3v) is 3.81. The van der Waals surface area contributed by atoms with Crippen molar-refractivity contribution >= 4 is 12.1 Å². The van der Waals surface area contributed by atoms with Gasteiger partial charge >= 0.3 is 12.1 Å². The summed E-state index contributed by atoms with van der Waals surface area (Å²) < 4.78 is 7.01. The van der Waals surface area contributed by atoms with Crippen molar-refractivity contribution in [3.8, 4) is 0 Å². The molecule has 2 rings (SSSR count). The number of hydrogen-bond acceptors (Lipinski definition) is 5. The first-order valence-corrected chi connectivity index (χ1v) is 7.87. The maximum Gasteiger partial charge on any atom is 0.410 e. The minimum absolute atomic E-state index is 0.0163. The molecule has 128 valence electrons. The molecule has 0 aliphatic carbocycles. The molecule has 8 heteroatoms. The number of rotatable bonds is 3. The number of amides is 1. The van der Waals surface area contributed by atoms with Crippen LogP contribution in [-0.2, 0) is 11.3 Å². The van der Waals surface area contributed by atoms with E-state index < -0.39 is 11.6 Å². The second-order valence-corrected chi connectivity index (χ2v) is 6.69. The highest BCUT2D eigenvalue weighted by atomic mass is 16.6. The number of carboxylic acid groups (broad SMARTS) is 1. The molecule has 0 saturated carbocycles. The van der Waals surface area contributed by atoms with Gasteiger partial charge in [0.2, 0.25) is 0 Å². The summed E-state index contributed by atoms with van der Waals surface area (Å²) >= 11 is 0. The quantitative estimate of drug-likeness (QED) is 0.914. The predicted molar refractivity (Wildman–Crippen MR) is 82.4 cm³/mol. The standard InChI is InChI=1S/C15H24N4O4/c1-5-19-12(11(13(20)21)16-17-19)10-6-8-18(9-7-10)14(22)23-15(2,3)4/h10H,5-9H2,1-4H3,(H,20,21). The van der Waals surface area contributed by atoms with Crippen LogP contribution >= 0.6 is 0 Å². The summed E-state index contributed by atoms with van der Waals surface area (Å²) in [5.74, 6) is -1.02. The highest BCUT2D eigenvalue weighted by Crippen LogP contribution is 2.30. The smallest absolute Gasteiger partial charge is 0.410 e. The van der Waals surface area contributed by atoms with Gasteiger partial charge in [0.25, 0.3) is 0 Å². The van der Waals surface area contributed by atoms with Crippen LogP contribution in [0.4, 0.5) is 4.79 Å². The molecule has 0 spiro atoms. The Labute approximate surface area is 135 Å². The lowest BCUT2D eigenvalue weighted by atomic mass is 9.92. The highest BCUT2D eigenvalue weighted by Gasteiger charge is 2.32. The van der Waals surface area contributed by atoms with Crippen molar-refractivity contribution in [2.45, 2.75) is 58.6 Å². The summed E-state index contributed by atoms with van der Waals surface area (Å²) in [6.45, 7) is 9.05. The molecule has 1 aromatic heterocycles. The summed E-state index contributed by atoms with van der Waals surface area (Å²) in [7, 11) is 0. The van der Waals surface area contributed by atoms with Crippen molar-refractivity contribution in [2.75, 3.05) is 13.1 Å². The number of ether oxygens (including phenoxy) is 1. The molecule has 1 aromatic rings. The van der Waals surface area contributed by atoms with Crippen LogP contribution in [0.15, 0.2) is 0 Å². The van der Waals surface area contributed by atoms with E-state index in [4.69, 9.17) is 4.74 Å². The minimum atomic E-state index is -1.06. The molecule has 23 heavy (non-hydrogen) atoms. The van der Waals surface area contributed by atoms with Gasteiger partial charge in [-0.25, -0.2) is 14.3 Å². The average molecular weight is 324 g/mol. The highest BCUT2D eigenvalue weighted by molar-refractivity contribution is 5.86. The Kier molecular flexibility index (Phi) is 4.91. The molecule has 0 aromatic carbocycles. The van der Waals surface area contributed by atoms with Gasteiger partial charge < -0.3 is 14.7 Å². The molecule has 1 saturated heterocycles. The Morgan fingerprint density at radius 3 is 2.39 bits per heavy atom. The zero-order chi connectivity index (χ0) is 17.2. The predicted octanol–water partition coefficient (Wildman–Crippen LogP) is 2.11. The maximum absolute atomic E-state index is 12.1. The number of likely N-dealkylation sites (tertiary alicyclic amines) is 1. The van der Waals surface area contributed by atoms with Crippen molar-refractivity contribution < 1.29 is 19.4 Å². The lowest BCUT2D eigenvalue weighted by Gasteiger charge is -2.33. The number of aromatic nitrogens is 3. The second kappa shape index (κ2) is 6.55. The Morgan fingerprint density at radius 1 is 1.30 bits per heavy atom. The zero-order valence-electron chi connectivity index (χ0n) is 14.1. The number of nitrogens with zero attached hydrogens (tertiary/aromatic N) is 4. The molecular weight excluding hydrogens is 300 g/mol. The van der Waals surface area contributed by atoms with E-state index in [1.54, 1.807) is 9.58 Å². The second-order valence-electron chi connectivity index (χ2n) is 6.69. The first-order chi connectivity index (χ1) is 10.7. The molecule has 1 N–H and O–H groups in total. The van der Waals surface area contributed by atoms with E-state index >= 15 is 0 Å². The SMILES string of the molecule is CCn1nnc(C(=O)O)c1C1CCN(C(=O)OC(C)(C)C)CC1. The maximum atomic E-state index is 12.1. The molecular formula is C15H24N4O4. The lowest BCUT2D eigenvalue weighted by molar-refractivity contribution is 0.0202. The van der Waals surface area contributed by atoms with Gasteiger partial charge in [0.05, 0.1) is 5.69 Å². The van der Waals surface area contributed by atoms with E-state index in [1.165, 1.54) is 0 Å². The van der Waals surface area contributed by atoms with E-state index in [0.29, 0.717) is 38.2 Å². The van der Waals surface area contributed by atoms with Crippen molar-refractivity contribution in [1.29, 1.82) is 0 Å². The van der Waals surface area contributed by atoms with Crippen molar-refractivity contribution in [3.05, 3.63) is 11.4 Å². The summed E-state index contributed by atoms with van der Waals surface area (Å²) in [5, 5.41) is 17.0. The van der Waals surface area contributed by atoms with E-state index in [-0.39, 0.29) is 17.7 Å². The van der Waals surface area contributed by atoms with Crippen molar-refractivity contribution in [2.24, 2.45) is 0 Å². The zero-order valence-corrected chi connectivity index (χ0v) is 14.1. The first kappa shape index (κ1) is 17.2. The van der Waals surface area contributed by atoms with Gasteiger partial charge in [-0.3, -0.25) is 0 Å². The van der Waals surface area contributed by atoms with Crippen LogP contribution in [-0.4, -0.2) is 55.8 Å². The summed E-state index contributed by atoms with van der Waals surface area (Å²) in [6, 6.07) is 0. The van der Waals surface area contributed by atoms with E-state index in [0.717, 1.165) is 0 Å². The fourth-order valence-electron chi connectivity index (χ4n) is 2.77. The Bertz CT molecular complexity index is 583. The molecule has 0 radical (unpaired) electrons. The minimum Gasteiger partial charge on any atom is -0.476 e. The third-order valence-electron chi connectivity index (χ3n) is 3.81. The number of hydrogen-bond donors (Lipinski definition) is 1. The summed E-state index contributed by atoms with van der Waals surface area (Å²) in [6.07, 6.45) is 1.02. The van der Waals surface area contributed by atoms with Crippen molar-refractivity contribution in [3.63, 3.8) is 0 Å². The Morgan fingerprint density at radius 2 is 1.91 bits per heavy atom. The Balaban J connectivity index is 2.06. The topological polar surface area (TPSA) is 97.5 Å². The first-order valence-electron chi connectivity index (χ1n) is 7.87. The van der Waals surface area contributed by atoms with E-state index in [1.807, 2.05) is 27.7 Å². The molecule has 1 aliphatic heterocycles. The third kappa shape index (κ3) is 4.00. The molecule has 1 fully saturated rings. The van der Waals surface area contributed by atoms with Gasteiger partial charge in [0, 0.05) is 25.6 Å². The van der Waals surface area contributed by atoms with Gasteiger partial charge in [-0.15, -0.1) is 5.10 Å². The van der Waals surface area contributed by atoms with Crippen LogP contribution in [0.1, 0.15) is 62.6 Å². The van der Waals surface area contributed by atoms with Crippen LogP contribution in [0.5, 0.6) is 0 Å². The van der Waals surface area contributed by atoms with Gasteiger partial charge in [0.15, 0.2) is 5.69 Å². The van der Waals surface area contributed by atoms with E-state index in [2.05, 4.69) is 10.3 Å². The fraction of sp³-hybridized carbons (Fsp3) is 0.733. The average Bonchev–Trinajstić information content (AvgIpc) is 2.89. The number of carbonyl (C=O) groups excluding carboxylic acids is 1. The van der Waals surface area contributed by atoms with Gasteiger partial charge in [0.1, 0.15) is 5.60 Å². The monoisotopic (exact) mass is 324 g/mol. The molecule has 0 atom stereocenters. The fourth-order valence-corrected chi connectivity index (χ4v) is 2.77. The molecule has 8 nitrogen and oxygen atoms in total. The normalized spacial score (nSPS) is 16.4. The van der Waals surface area contributed by atoms with Gasteiger partial charge in [-0.05, 0) is 40.5 Å². The number of piperidine rings is 1. The van der Waals surface area contributed by atoms with Crippen LogP contribution < -0.4 is 0 Å². The number of aryl methyl sites for hydroxylation is 1. The number of aromatic carboxylic acids is 1. The van der Waals surface area contributed by atoms with Crippen LogP contribution in [0.3, 0.4) is 0 Å². The van der Waals surface area contributed by atoms with Crippen LogP contribution in [0.25, 0.3) is 0 Å². The number of carbonyl (C=O) groups is 2. The molecule has 0 bridgehead atoms. The van der Waals surface area contributed by atoms with Crippen LogP contribution in [0, 0.1) is 0 Å². The molecule has 1 amide bonds. The summed E-state index contributed by atoms with van der Waals surface area (Å²) in [4.78, 5) is 25.1. The number of carboxylic acids is 1.